The Labute approximate surface area is 91.4 Å². The van der Waals surface area contributed by atoms with Gasteiger partial charge in [-0.3, -0.25) is 4.68 Å². The van der Waals surface area contributed by atoms with Gasteiger partial charge in [0, 0.05) is 25.9 Å². The van der Waals surface area contributed by atoms with Gasteiger partial charge in [0.2, 0.25) is 0 Å². The average Bonchev–Trinajstić information content (AvgIpc) is 2.51. The summed E-state index contributed by atoms with van der Waals surface area (Å²) in [5.41, 5.74) is 6.98. The summed E-state index contributed by atoms with van der Waals surface area (Å²) in [5, 5.41) is 4.12. The van der Waals surface area contributed by atoms with Gasteiger partial charge in [0.25, 0.3) is 0 Å². The molecule has 0 saturated heterocycles. The van der Waals surface area contributed by atoms with Crippen LogP contribution in [0.2, 0.25) is 0 Å². The second-order valence-corrected chi connectivity index (χ2v) is 4.37. The van der Waals surface area contributed by atoms with Crippen molar-refractivity contribution < 1.29 is 4.74 Å². The molecule has 0 aromatic carbocycles. The van der Waals surface area contributed by atoms with E-state index in [4.69, 9.17) is 10.5 Å². The lowest BCUT2D eigenvalue weighted by molar-refractivity contribution is -0.0288. The maximum atomic E-state index is 6.12. The van der Waals surface area contributed by atoms with Crippen molar-refractivity contribution in [2.45, 2.75) is 38.8 Å². The quantitative estimate of drug-likeness (QED) is 0.793. The van der Waals surface area contributed by atoms with Gasteiger partial charge in [-0.1, -0.05) is 0 Å². The zero-order chi connectivity index (χ0) is 11.5. The van der Waals surface area contributed by atoms with Gasteiger partial charge in [0.15, 0.2) is 0 Å². The van der Waals surface area contributed by atoms with Gasteiger partial charge >= 0.3 is 0 Å². The highest BCUT2D eigenvalue weighted by molar-refractivity contribution is 5.07. The Morgan fingerprint density at radius 1 is 1.60 bits per heavy atom. The van der Waals surface area contributed by atoms with Gasteiger partial charge in [0.05, 0.1) is 11.8 Å². The summed E-state index contributed by atoms with van der Waals surface area (Å²) in [6, 6.07) is -0.0124. The predicted octanol–water partition coefficient (Wildman–Crippen LogP) is 1.10. The smallest absolute Gasteiger partial charge is 0.0779 e. The first-order valence-electron chi connectivity index (χ1n) is 5.32. The number of nitrogens with two attached hydrogens (primary N) is 1. The molecular formula is C11H21N3O. The van der Waals surface area contributed by atoms with E-state index in [0.29, 0.717) is 6.61 Å². The summed E-state index contributed by atoms with van der Waals surface area (Å²) in [6.45, 7) is 6.72. The van der Waals surface area contributed by atoms with E-state index >= 15 is 0 Å². The van der Waals surface area contributed by atoms with Crippen molar-refractivity contribution in [2.24, 2.45) is 12.8 Å². The van der Waals surface area contributed by atoms with Crippen LogP contribution >= 0.6 is 0 Å². The van der Waals surface area contributed by atoms with Crippen molar-refractivity contribution in [3.63, 3.8) is 0 Å². The number of aromatic nitrogens is 2. The molecule has 1 aromatic heterocycles. The second-order valence-electron chi connectivity index (χ2n) is 4.37. The van der Waals surface area contributed by atoms with Crippen LogP contribution in [-0.2, 0) is 18.2 Å². The lowest BCUT2D eigenvalue weighted by atomic mass is 9.94. The molecule has 0 fully saturated rings. The Bertz CT molecular complexity index is 307. The number of hydrogen-bond donors (Lipinski definition) is 1. The van der Waals surface area contributed by atoms with E-state index < -0.39 is 0 Å². The van der Waals surface area contributed by atoms with Crippen LogP contribution in [0, 0.1) is 0 Å². The van der Waals surface area contributed by atoms with Crippen molar-refractivity contribution >= 4 is 0 Å². The van der Waals surface area contributed by atoms with Crippen molar-refractivity contribution in [2.75, 3.05) is 6.61 Å². The number of ether oxygens (including phenoxy) is 1. The molecular weight excluding hydrogens is 190 g/mol. The Kier molecular flexibility index (Phi) is 3.88. The van der Waals surface area contributed by atoms with E-state index in [1.165, 1.54) is 0 Å². The fourth-order valence-corrected chi connectivity index (χ4v) is 1.56. The number of nitrogens with zero attached hydrogens (tertiary/aromatic N) is 2. The van der Waals surface area contributed by atoms with Crippen LogP contribution in [0.25, 0.3) is 0 Å². The highest BCUT2D eigenvalue weighted by atomic mass is 16.5. The highest BCUT2D eigenvalue weighted by Gasteiger charge is 2.27. The van der Waals surface area contributed by atoms with Crippen molar-refractivity contribution in [3.05, 3.63) is 18.0 Å². The fourth-order valence-electron chi connectivity index (χ4n) is 1.56. The lowest BCUT2D eigenvalue weighted by Gasteiger charge is -2.31. The zero-order valence-corrected chi connectivity index (χ0v) is 10.0. The molecule has 0 aliphatic rings. The highest BCUT2D eigenvalue weighted by Crippen LogP contribution is 2.16. The maximum absolute atomic E-state index is 6.12. The third-order valence-corrected chi connectivity index (χ3v) is 2.62. The van der Waals surface area contributed by atoms with Gasteiger partial charge in [-0.25, -0.2) is 0 Å². The van der Waals surface area contributed by atoms with E-state index in [1.54, 1.807) is 4.68 Å². The zero-order valence-electron chi connectivity index (χ0n) is 10.0. The molecule has 0 aliphatic carbocycles. The fraction of sp³-hybridized carbons (Fsp3) is 0.727. The largest absolute Gasteiger partial charge is 0.374 e. The summed E-state index contributed by atoms with van der Waals surface area (Å²) < 4.78 is 7.41. The maximum Gasteiger partial charge on any atom is 0.0779 e. The first-order valence-corrected chi connectivity index (χ1v) is 5.32. The van der Waals surface area contributed by atoms with Gasteiger partial charge < -0.3 is 10.5 Å². The van der Waals surface area contributed by atoms with Crippen LogP contribution in [0.15, 0.2) is 12.4 Å². The normalized spacial score (nSPS) is 14.2. The SMILES string of the molecule is CCOC(C)(C)C(N)Cc1cnn(C)c1. The Hall–Kier alpha value is -0.870. The molecule has 4 heteroatoms. The third kappa shape index (κ3) is 3.32. The van der Waals surface area contributed by atoms with Crippen LogP contribution in [0.3, 0.4) is 0 Å². The molecule has 1 unspecified atom stereocenters. The molecule has 0 spiro atoms. The molecule has 4 nitrogen and oxygen atoms in total. The molecule has 0 bridgehead atoms. The van der Waals surface area contributed by atoms with Crippen LogP contribution < -0.4 is 5.73 Å². The predicted molar refractivity (Wildman–Crippen MR) is 60.6 cm³/mol. The number of rotatable bonds is 5. The molecule has 1 atom stereocenters. The van der Waals surface area contributed by atoms with E-state index in [2.05, 4.69) is 5.10 Å². The molecule has 15 heavy (non-hydrogen) atoms. The Morgan fingerprint density at radius 2 is 2.27 bits per heavy atom. The first kappa shape index (κ1) is 12.2. The van der Waals surface area contributed by atoms with Crippen LogP contribution in [0.1, 0.15) is 26.3 Å². The van der Waals surface area contributed by atoms with Crippen LogP contribution in [0.4, 0.5) is 0 Å². The van der Waals surface area contributed by atoms with E-state index in [1.807, 2.05) is 40.2 Å². The number of hydrogen-bond acceptors (Lipinski definition) is 3. The molecule has 0 radical (unpaired) electrons. The van der Waals surface area contributed by atoms with E-state index in [0.717, 1.165) is 12.0 Å². The number of aryl methyl sites for hydroxylation is 1. The van der Waals surface area contributed by atoms with Crippen molar-refractivity contribution in [3.8, 4) is 0 Å². The van der Waals surface area contributed by atoms with Gasteiger partial charge in [-0.05, 0) is 32.8 Å². The lowest BCUT2D eigenvalue weighted by Crippen LogP contribution is -2.46. The average molecular weight is 211 g/mol. The molecule has 1 aromatic rings. The second kappa shape index (κ2) is 4.77. The van der Waals surface area contributed by atoms with E-state index in [-0.39, 0.29) is 11.6 Å². The molecule has 86 valence electrons. The van der Waals surface area contributed by atoms with E-state index in [9.17, 15) is 0 Å². The minimum absolute atomic E-state index is 0.0124. The molecule has 2 N–H and O–H groups in total. The molecule has 1 heterocycles. The summed E-state index contributed by atoms with van der Waals surface area (Å²) in [4.78, 5) is 0. The van der Waals surface area contributed by atoms with Gasteiger partial charge in [-0.15, -0.1) is 0 Å². The van der Waals surface area contributed by atoms with Gasteiger partial charge in [0.1, 0.15) is 0 Å². The van der Waals surface area contributed by atoms with Crippen molar-refractivity contribution in [1.82, 2.24) is 9.78 Å². The van der Waals surface area contributed by atoms with Crippen LogP contribution in [0.5, 0.6) is 0 Å². The molecule has 0 amide bonds. The van der Waals surface area contributed by atoms with Gasteiger partial charge in [-0.2, -0.15) is 5.10 Å². The Morgan fingerprint density at radius 3 is 2.73 bits per heavy atom. The summed E-state index contributed by atoms with van der Waals surface area (Å²) in [6.07, 6.45) is 4.63. The minimum Gasteiger partial charge on any atom is -0.374 e. The Balaban J connectivity index is 2.58. The third-order valence-electron chi connectivity index (χ3n) is 2.62. The monoisotopic (exact) mass is 211 g/mol. The molecule has 0 aliphatic heterocycles. The summed E-state index contributed by atoms with van der Waals surface area (Å²) in [5.74, 6) is 0. The van der Waals surface area contributed by atoms with Crippen LogP contribution in [-0.4, -0.2) is 28.0 Å². The molecule has 0 saturated carbocycles. The summed E-state index contributed by atoms with van der Waals surface area (Å²) in [7, 11) is 1.91. The molecule has 1 rings (SSSR count). The summed E-state index contributed by atoms with van der Waals surface area (Å²) >= 11 is 0. The topological polar surface area (TPSA) is 53.1 Å². The standard InChI is InChI=1S/C11H21N3O/c1-5-15-11(2,3)10(12)6-9-7-13-14(4)8-9/h7-8,10H,5-6,12H2,1-4H3. The van der Waals surface area contributed by atoms with Crippen molar-refractivity contribution in [1.29, 1.82) is 0 Å². The first-order chi connectivity index (χ1) is 6.95. The minimum atomic E-state index is -0.287.